The number of carboxylic acid groups (broad SMARTS) is 1. The average Bonchev–Trinajstić information content (AvgIpc) is 3.52. The third kappa shape index (κ3) is 6.23. The number of hydrogen-bond donors (Lipinski definition) is 1. The van der Waals surface area contributed by atoms with Gasteiger partial charge < -0.3 is 14.6 Å². The van der Waals surface area contributed by atoms with Crippen LogP contribution in [0, 0.1) is 17.7 Å². The lowest BCUT2D eigenvalue weighted by Crippen LogP contribution is -2.11. The molecule has 2 aliphatic rings. The van der Waals surface area contributed by atoms with E-state index in [0.717, 1.165) is 41.3 Å². The molecule has 7 nitrogen and oxygen atoms in total. The van der Waals surface area contributed by atoms with E-state index in [1.807, 2.05) is 19.1 Å². The molecule has 0 amide bonds. The van der Waals surface area contributed by atoms with E-state index in [1.165, 1.54) is 12.1 Å². The number of sulfone groups is 1. The SMILES string of the molecule is CCc1cc2c(cc1OCc1cc(-c3cnc(OCCCS(C)(=O)=O)cc3C(F)(F)F)ccc1F)CC1C(C(=O)O)C21. The van der Waals surface area contributed by atoms with Gasteiger partial charge >= 0.3 is 12.1 Å². The lowest BCUT2D eigenvalue weighted by Gasteiger charge is -2.17. The third-order valence-corrected chi connectivity index (χ3v) is 8.84. The minimum absolute atomic E-state index is 0.00619. The second-order valence-corrected chi connectivity index (χ2v) is 13.0. The van der Waals surface area contributed by atoms with E-state index in [4.69, 9.17) is 9.47 Å². The molecule has 2 aromatic carbocycles. The lowest BCUT2D eigenvalue weighted by molar-refractivity contribution is -0.139. The Hall–Kier alpha value is -3.67. The number of pyridine rings is 1. The fourth-order valence-electron chi connectivity index (χ4n) is 5.71. The van der Waals surface area contributed by atoms with E-state index < -0.39 is 33.4 Å². The Bertz CT molecular complexity index is 1640. The molecule has 1 fully saturated rings. The molecule has 3 aromatic rings. The average molecular weight is 608 g/mol. The monoisotopic (exact) mass is 607 g/mol. The minimum Gasteiger partial charge on any atom is -0.489 e. The molecule has 3 unspecified atom stereocenters. The van der Waals surface area contributed by atoms with Gasteiger partial charge in [0.2, 0.25) is 5.88 Å². The maximum Gasteiger partial charge on any atom is 0.417 e. The normalized spacial score (nSPS) is 19.2. The van der Waals surface area contributed by atoms with E-state index in [-0.39, 0.29) is 65.7 Å². The Morgan fingerprint density at radius 2 is 1.88 bits per heavy atom. The van der Waals surface area contributed by atoms with Crippen LogP contribution in [0.15, 0.2) is 42.6 Å². The highest BCUT2D eigenvalue weighted by Gasteiger charge is 2.59. The largest absolute Gasteiger partial charge is 0.489 e. The smallest absolute Gasteiger partial charge is 0.417 e. The number of ether oxygens (including phenoxy) is 2. The lowest BCUT2D eigenvalue weighted by atomic mass is 9.97. The molecule has 1 aromatic heterocycles. The molecule has 1 heterocycles. The van der Waals surface area contributed by atoms with Gasteiger partial charge in [-0.05, 0) is 65.6 Å². The molecule has 224 valence electrons. The highest BCUT2D eigenvalue weighted by atomic mass is 32.2. The molecular weight excluding hydrogens is 578 g/mol. The minimum atomic E-state index is -4.77. The van der Waals surface area contributed by atoms with E-state index in [0.29, 0.717) is 18.6 Å². The number of nitrogens with zero attached hydrogens (tertiary/aromatic N) is 1. The van der Waals surface area contributed by atoms with Crippen molar-refractivity contribution < 1.29 is 45.4 Å². The van der Waals surface area contributed by atoms with Crippen LogP contribution >= 0.6 is 0 Å². The summed E-state index contributed by atoms with van der Waals surface area (Å²) in [5.74, 6) is -1.66. The molecule has 12 heteroatoms. The van der Waals surface area contributed by atoms with Crippen molar-refractivity contribution in [1.82, 2.24) is 4.98 Å². The van der Waals surface area contributed by atoms with Gasteiger partial charge in [-0.25, -0.2) is 17.8 Å². The number of carbonyl (C=O) groups is 1. The summed E-state index contributed by atoms with van der Waals surface area (Å²) in [4.78, 5) is 15.4. The Balaban J connectivity index is 1.35. The van der Waals surface area contributed by atoms with Crippen molar-refractivity contribution in [3.05, 3.63) is 76.2 Å². The zero-order chi connectivity index (χ0) is 30.4. The second kappa shape index (κ2) is 11.2. The van der Waals surface area contributed by atoms with Crippen molar-refractivity contribution in [1.29, 1.82) is 0 Å². The van der Waals surface area contributed by atoms with Crippen LogP contribution in [0.3, 0.4) is 0 Å². The van der Waals surface area contributed by atoms with Crippen LogP contribution in [0.5, 0.6) is 11.6 Å². The molecule has 0 aliphatic heterocycles. The van der Waals surface area contributed by atoms with Crippen molar-refractivity contribution >= 4 is 15.8 Å². The first-order valence-corrected chi connectivity index (χ1v) is 15.5. The maximum absolute atomic E-state index is 14.8. The number of hydrogen-bond acceptors (Lipinski definition) is 6. The Morgan fingerprint density at radius 1 is 1.12 bits per heavy atom. The summed E-state index contributed by atoms with van der Waals surface area (Å²) in [7, 11) is -3.24. The fraction of sp³-hybridized carbons (Fsp3) is 0.400. The third-order valence-electron chi connectivity index (χ3n) is 7.81. The molecule has 5 rings (SSSR count). The van der Waals surface area contributed by atoms with Crippen molar-refractivity contribution in [2.45, 2.75) is 44.9 Å². The number of aliphatic carboxylic acids is 1. The van der Waals surface area contributed by atoms with Crippen molar-refractivity contribution in [2.24, 2.45) is 11.8 Å². The van der Waals surface area contributed by atoms with Gasteiger partial charge in [0.25, 0.3) is 0 Å². The van der Waals surface area contributed by atoms with Crippen molar-refractivity contribution in [2.75, 3.05) is 18.6 Å². The number of carboxylic acids is 1. The highest BCUT2D eigenvalue weighted by Crippen LogP contribution is 2.62. The van der Waals surface area contributed by atoms with Crippen molar-refractivity contribution in [3.8, 4) is 22.8 Å². The van der Waals surface area contributed by atoms with Gasteiger partial charge in [0.15, 0.2) is 0 Å². The Labute approximate surface area is 240 Å². The van der Waals surface area contributed by atoms with Crippen molar-refractivity contribution in [3.63, 3.8) is 0 Å². The van der Waals surface area contributed by atoms with Crippen LogP contribution in [0.2, 0.25) is 0 Å². The number of rotatable bonds is 11. The first-order valence-electron chi connectivity index (χ1n) is 13.4. The first kappa shape index (κ1) is 29.8. The molecule has 2 aliphatic carbocycles. The van der Waals surface area contributed by atoms with Crippen LogP contribution in [0.1, 0.15) is 47.1 Å². The van der Waals surface area contributed by atoms with Crippen LogP contribution in [-0.2, 0) is 40.3 Å². The standard InChI is InChI=1S/C30H29F4NO6S/c1-3-16-10-20-18(11-21-27(20)28(21)29(36)37)12-25(16)41-15-19-9-17(5-6-24(19)31)22-14-35-26(13-23(22)30(32,33)34)40-7-4-8-42(2,38)39/h5-6,9-10,12-14,21,27-28H,3-4,7-8,11,15H2,1-2H3,(H,36,37). The summed E-state index contributed by atoms with van der Waals surface area (Å²) in [5, 5.41) is 9.40. The molecule has 0 saturated heterocycles. The summed E-state index contributed by atoms with van der Waals surface area (Å²) in [6.45, 7) is 1.57. The van der Waals surface area contributed by atoms with E-state index in [9.17, 15) is 35.9 Å². The summed E-state index contributed by atoms with van der Waals surface area (Å²) in [6, 6.07) is 8.16. The molecule has 0 radical (unpaired) electrons. The van der Waals surface area contributed by atoms with Crippen LogP contribution in [-0.4, -0.2) is 43.1 Å². The van der Waals surface area contributed by atoms with Gasteiger partial charge in [-0.2, -0.15) is 13.2 Å². The number of aromatic nitrogens is 1. The predicted octanol–water partition coefficient (Wildman–Crippen LogP) is 5.83. The highest BCUT2D eigenvalue weighted by molar-refractivity contribution is 7.90. The first-order chi connectivity index (χ1) is 19.8. The van der Waals surface area contributed by atoms with E-state index >= 15 is 0 Å². The number of benzene rings is 2. The van der Waals surface area contributed by atoms with Gasteiger partial charge in [0.05, 0.1) is 23.8 Å². The topological polar surface area (TPSA) is 103 Å². The predicted molar refractivity (Wildman–Crippen MR) is 146 cm³/mol. The molecule has 42 heavy (non-hydrogen) atoms. The zero-order valence-electron chi connectivity index (χ0n) is 22.9. The summed E-state index contributed by atoms with van der Waals surface area (Å²) >= 11 is 0. The van der Waals surface area contributed by atoms with Gasteiger partial charge in [-0.3, -0.25) is 4.79 Å². The van der Waals surface area contributed by atoms with Crippen LogP contribution in [0.25, 0.3) is 11.1 Å². The number of halogens is 4. The van der Waals surface area contributed by atoms with E-state index in [1.54, 1.807) is 0 Å². The molecule has 0 bridgehead atoms. The van der Waals surface area contributed by atoms with E-state index in [2.05, 4.69) is 4.98 Å². The molecule has 0 spiro atoms. The second-order valence-electron chi connectivity index (χ2n) is 10.8. The molecule has 1 saturated carbocycles. The molecular formula is C30H29F4NO6S. The zero-order valence-corrected chi connectivity index (χ0v) is 23.7. The van der Waals surface area contributed by atoms with Crippen LogP contribution in [0.4, 0.5) is 17.6 Å². The summed E-state index contributed by atoms with van der Waals surface area (Å²) in [5.41, 5.74) is 1.70. The quantitative estimate of drug-likeness (QED) is 0.216. The van der Waals surface area contributed by atoms with Gasteiger partial charge in [-0.1, -0.05) is 19.1 Å². The maximum atomic E-state index is 14.8. The van der Waals surface area contributed by atoms with Gasteiger partial charge in [0.1, 0.15) is 28.0 Å². The molecule has 1 N–H and O–H groups in total. The van der Waals surface area contributed by atoms with Gasteiger partial charge in [-0.15, -0.1) is 0 Å². The Kier molecular flexibility index (Phi) is 7.95. The van der Waals surface area contributed by atoms with Gasteiger partial charge in [0, 0.05) is 35.6 Å². The number of alkyl halides is 3. The summed E-state index contributed by atoms with van der Waals surface area (Å²) < 4.78 is 90.5. The van der Waals surface area contributed by atoms with Crippen LogP contribution < -0.4 is 9.47 Å². The summed E-state index contributed by atoms with van der Waals surface area (Å²) in [6.07, 6.45) is -1.39. The fourth-order valence-corrected chi connectivity index (χ4v) is 6.35. The number of aryl methyl sites for hydroxylation is 1. The number of fused-ring (bicyclic) bond motifs is 3. The molecule has 3 atom stereocenters. The Morgan fingerprint density at radius 3 is 2.55 bits per heavy atom.